The van der Waals surface area contributed by atoms with Gasteiger partial charge in [0, 0.05) is 48.5 Å². The Morgan fingerprint density at radius 3 is 2.18 bits per heavy atom. The fourth-order valence-electron chi connectivity index (χ4n) is 9.15. The second-order valence-corrected chi connectivity index (χ2v) is 25.1. The zero-order chi connectivity index (χ0) is 52.2. The van der Waals surface area contributed by atoms with Crippen LogP contribution in [0.1, 0.15) is 110 Å². The van der Waals surface area contributed by atoms with Gasteiger partial charge in [0.25, 0.3) is 0 Å². The molecule has 0 spiro atoms. The molecule has 5 aromatic carbocycles. The minimum Gasteiger partial charge on any atom is -0.333 e. The molecule has 0 atom stereocenters. The topological polar surface area (TPSA) is 43.6 Å². The number of thiophene rings is 1. The van der Waals surface area contributed by atoms with Crippen LogP contribution in [0.4, 0.5) is 0 Å². The second-order valence-electron chi connectivity index (χ2n) is 19.0. The molecule has 66 heavy (non-hydrogen) atoms. The fourth-order valence-corrected chi connectivity index (χ4v) is 11.7. The summed E-state index contributed by atoms with van der Waals surface area (Å²) in [5.41, 5.74) is 11.1. The van der Waals surface area contributed by atoms with Gasteiger partial charge in [0.15, 0.2) is 0 Å². The Morgan fingerprint density at radius 1 is 0.773 bits per heavy atom. The van der Waals surface area contributed by atoms with Gasteiger partial charge >= 0.3 is 0 Å². The Bertz CT molecular complexity index is 3410. The Labute approximate surface area is 422 Å². The van der Waals surface area contributed by atoms with E-state index in [-0.39, 0.29) is 31.6 Å². The van der Waals surface area contributed by atoms with Crippen LogP contribution in [0.5, 0.6) is 0 Å². The van der Waals surface area contributed by atoms with Crippen LogP contribution in [0, 0.1) is 31.8 Å². The fraction of sp³-hybridized carbons (Fsp3) is 0.305. The second kappa shape index (κ2) is 20.0. The number of benzene rings is 5. The van der Waals surface area contributed by atoms with Crippen molar-refractivity contribution in [3.05, 3.63) is 161 Å². The molecule has 0 saturated heterocycles. The van der Waals surface area contributed by atoms with Gasteiger partial charge in [-0.1, -0.05) is 175 Å². The summed E-state index contributed by atoms with van der Waals surface area (Å²) in [6.07, 6.45) is 5.68. The van der Waals surface area contributed by atoms with E-state index in [0.29, 0.717) is 28.7 Å². The van der Waals surface area contributed by atoms with Gasteiger partial charge in [-0.05, 0) is 81.3 Å². The third kappa shape index (κ3) is 9.83. The summed E-state index contributed by atoms with van der Waals surface area (Å²) in [5, 5.41) is 3.27. The van der Waals surface area contributed by atoms with Gasteiger partial charge in [-0.15, -0.1) is 53.6 Å². The largest absolute Gasteiger partial charge is 0.333 e. The molecule has 1 saturated carbocycles. The van der Waals surface area contributed by atoms with Gasteiger partial charge in [0.1, 0.15) is 4.83 Å². The molecule has 4 heterocycles. The monoisotopic (exact) mass is 1090 g/mol. The molecule has 0 N–H and O–H groups in total. The minimum atomic E-state index is -2.16. The van der Waals surface area contributed by atoms with E-state index in [1.54, 1.807) is 35.6 Å². The summed E-state index contributed by atoms with van der Waals surface area (Å²) in [7, 11) is -1.80. The third-order valence-corrected chi connectivity index (χ3v) is 15.7. The number of hydrogen-bond donors (Lipinski definition) is 0. The first kappa shape index (κ1) is 38.0. The number of para-hydroxylation sites is 3. The molecule has 0 amide bonds. The van der Waals surface area contributed by atoms with E-state index < -0.39 is 28.2 Å². The SMILES string of the molecule is [2H]C([2H])([2H])c1c[c-]c(-c2cc(C([2H])([2H])C3CCCCC3)c([Si](C)(C)C)cn2)cc1.[2H]C([2H])([2H])c1ccc(-c2ccc3c(n2)sc2c(-c4nc5ccccc5n4-c4c(C(C)C)cccc4C(C)C)[c-]ccc23)cc1.[Ir]. The van der Waals surface area contributed by atoms with Gasteiger partial charge in [-0.3, -0.25) is 4.98 Å². The molecular weight excluding hydrogens is 1020 g/mol. The maximum absolute atomic E-state index is 9.03. The molecule has 1 aliphatic rings. The normalized spacial score (nSPS) is 15.8. The van der Waals surface area contributed by atoms with E-state index in [1.807, 2.05) is 42.6 Å². The molecule has 339 valence electrons. The Hall–Kier alpha value is -5.04. The third-order valence-electron chi connectivity index (χ3n) is 12.6. The van der Waals surface area contributed by atoms with E-state index >= 15 is 0 Å². The molecule has 1 radical (unpaired) electrons. The molecule has 0 unspecified atom stereocenters. The Morgan fingerprint density at radius 2 is 1.50 bits per heavy atom. The van der Waals surface area contributed by atoms with Gasteiger partial charge in [0.2, 0.25) is 0 Å². The maximum atomic E-state index is 9.03. The van der Waals surface area contributed by atoms with E-state index in [1.165, 1.54) is 29.3 Å². The first-order valence-corrected chi connectivity index (χ1v) is 27.3. The van der Waals surface area contributed by atoms with Crippen LogP contribution in [-0.2, 0) is 26.5 Å². The number of rotatable bonds is 9. The zero-order valence-corrected chi connectivity index (χ0v) is 43.1. The van der Waals surface area contributed by atoms with E-state index in [0.717, 1.165) is 90.4 Å². The molecule has 1 aliphatic carbocycles. The number of hydrogen-bond acceptors (Lipinski definition) is 4. The average Bonchev–Trinajstić information content (AvgIpc) is 3.94. The van der Waals surface area contributed by atoms with Crippen LogP contribution in [0.2, 0.25) is 19.6 Å². The number of pyridine rings is 2. The van der Waals surface area contributed by atoms with Gasteiger partial charge in [0.05, 0.1) is 30.6 Å². The molecular formula is C59H62IrN4SSi-2. The van der Waals surface area contributed by atoms with Crippen LogP contribution in [0.3, 0.4) is 0 Å². The number of imidazole rings is 1. The molecule has 4 aromatic heterocycles. The summed E-state index contributed by atoms with van der Waals surface area (Å²) >= 11 is 1.65. The number of aromatic nitrogens is 4. The Balaban J connectivity index is 0.000000212. The van der Waals surface area contributed by atoms with Crippen LogP contribution in [0.25, 0.3) is 70.9 Å². The Kier molecular flexibility index (Phi) is 11.5. The van der Waals surface area contributed by atoms with Crippen LogP contribution >= 0.6 is 11.3 Å². The molecule has 1 fully saturated rings. The van der Waals surface area contributed by atoms with Gasteiger partial charge in [-0.2, -0.15) is 11.3 Å². The van der Waals surface area contributed by atoms with E-state index in [2.05, 4.69) is 118 Å². The van der Waals surface area contributed by atoms with Crippen molar-refractivity contribution in [1.82, 2.24) is 19.5 Å². The number of fused-ring (bicyclic) bond motifs is 4. The first-order valence-electron chi connectivity index (χ1n) is 27.0. The van der Waals surface area contributed by atoms with Crippen molar-refractivity contribution in [2.75, 3.05) is 0 Å². The predicted molar refractivity (Wildman–Crippen MR) is 281 cm³/mol. The van der Waals surface area contributed by atoms with Crippen LogP contribution in [0.15, 0.2) is 121 Å². The van der Waals surface area contributed by atoms with Gasteiger partial charge in [-0.25, -0.2) is 4.98 Å². The zero-order valence-electron chi connectivity index (χ0n) is 46.8. The quantitative estimate of drug-likeness (QED) is 0.107. The molecule has 0 aliphatic heterocycles. The summed E-state index contributed by atoms with van der Waals surface area (Å²) in [6, 6.07) is 43.5. The smallest absolute Gasteiger partial charge is 0.114 e. The molecule has 9 aromatic rings. The molecule has 4 nitrogen and oxygen atoms in total. The standard InChI is InChI=1S/C37H32N3S.C22H30NSi.Ir/c1-22(2)26-10-8-11-27(23(3)4)34(26)40-33-15-7-6-14-32(33)38-36(40)30-13-9-12-28-29-20-21-31(39-37(29)41-35(28)30)25-18-16-24(5)17-19-25;1-17-10-12-19(13-11-17)21-15-20(14-18-8-6-5-7-9-18)22(16-23-21)24(2,3)4;/h6-12,14-23H,1-5H3;10-12,15-16,18H,5-9,14H2,1-4H3;/q2*-1;/i5D3;1D3,14D2;. The summed E-state index contributed by atoms with van der Waals surface area (Å²) in [5.74, 6) is 1.57. The van der Waals surface area contributed by atoms with Crippen molar-refractivity contribution in [2.24, 2.45) is 5.92 Å². The number of aryl methyl sites for hydroxylation is 2. The van der Waals surface area contributed by atoms with Crippen molar-refractivity contribution >= 4 is 55.9 Å². The van der Waals surface area contributed by atoms with Crippen molar-refractivity contribution in [2.45, 2.75) is 111 Å². The van der Waals surface area contributed by atoms with E-state index in [9.17, 15) is 0 Å². The van der Waals surface area contributed by atoms with E-state index in [4.69, 9.17) is 20.9 Å². The number of nitrogens with zero attached hydrogens (tertiary/aromatic N) is 4. The average molecular weight is 1090 g/mol. The van der Waals surface area contributed by atoms with Gasteiger partial charge < -0.3 is 9.55 Å². The summed E-state index contributed by atoms with van der Waals surface area (Å²) < 4.78 is 67.2. The molecule has 7 heteroatoms. The van der Waals surface area contributed by atoms with Crippen molar-refractivity contribution in [1.29, 1.82) is 0 Å². The van der Waals surface area contributed by atoms with Crippen molar-refractivity contribution in [3.63, 3.8) is 0 Å². The summed E-state index contributed by atoms with van der Waals surface area (Å²) in [6.45, 7) is 11.4. The van der Waals surface area contributed by atoms with Crippen molar-refractivity contribution < 1.29 is 31.1 Å². The maximum Gasteiger partial charge on any atom is 0.114 e. The van der Waals surface area contributed by atoms with Crippen LogP contribution < -0.4 is 5.19 Å². The van der Waals surface area contributed by atoms with Crippen LogP contribution in [-0.4, -0.2) is 27.6 Å². The molecule has 10 rings (SSSR count). The minimum absolute atomic E-state index is 0. The first-order chi connectivity index (χ1) is 34.5. The molecule has 0 bridgehead atoms. The predicted octanol–water partition coefficient (Wildman–Crippen LogP) is 16.0. The summed E-state index contributed by atoms with van der Waals surface area (Å²) in [4.78, 5) is 15.8. The van der Waals surface area contributed by atoms with Crippen molar-refractivity contribution in [3.8, 4) is 39.6 Å².